The Labute approximate surface area is 157 Å². The minimum atomic E-state index is -0.499. The first-order valence-electron chi connectivity index (χ1n) is 8.35. The van der Waals surface area contributed by atoms with Gasteiger partial charge in [-0.05, 0) is 55.7 Å². The average molecular weight is 357 g/mol. The molecule has 1 heterocycles. The van der Waals surface area contributed by atoms with E-state index in [2.05, 4.69) is 14.8 Å². The van der Waals surface area contributed by atoms with Crippen LogP contribution in [0.3, 0.4) is 0 Å². The van der Waals surface area contributed by atoms with Crippen LogP contribution >= 0.6 is 0 Å². The summed E-state index contributed by atoms with van der Waals surface area (Å²) in [6, 6.07) is 10.8. The van der Waals surface area contributed by atoms with Crippen molar-refractivity contribution in [3.63, 3.8) is 0 Å². The lowest BCUT2D eigenvalue weighted by Gasteiger charge is -2.16. The molecule has 0 aliphatic heterocycles. The molecule has 0 unspecified atom stereocenters. The number of carbonyl (C=O) groups is 1. The molecule has 134 valence electrons. The molecule has 0 saturated heterocycles. The zero-order valence-electron chi connectivity index (χ0n) is 15.4. The van der Waals surface area contributed by atoms with E-state index in [-0.39, 0.29) is 5.96 Å². The highest BCUT2D eigenvalue weighted by Gasteiger charge is 2.16. The summed E-state index contributed by atoms with van der Waals surface area (Å²) in [6.07, 6.45) is 0. The van der Waals surface area contributed by atoms with Crippen LogP contribution in [0.2, 0.25) is 0 Å². The van der Waals surface area contributed by atoms with Crippen molar-refractivity contribution in [1.82, 2.24) is 4.98 Å². The molecule has 0 aliphatic rings. The fourth-order valence-electron chi connectivity index (χ4n) is 3.14. The van der Waals surface area contributed by atoms with Crippen LogP contribution in [-0.4, -0.2) is 16.9 Å². The van der Waals surface area contributed by atoms with E-state index in [1.54, 1.807) is 24.3 Å². The van der Waals surface area contributed by atoms with E-state index < -0.39 is 5.91 Å². The molecule has 3 rings (SSSR count). The average Bonchev–Trinajstić information content (AvgIpc) is 2.62. The summed E-state index contributed by atoms with van der Waals surface area (Å²) in [5.41, 5.74) is 17.3. The van der Waals surface area contributed by atoms with Crippen molar-refractivity contribution in [3.05, 3.63) is 70.2 Å². The first-order valence-corrected chi connectivity index (χ1v) is 8.35. The van der Waals surface area contributed by atoms with Crippen molar-refractivity contribution in [3.8, 4) is 11.1 Å². The Morgan fingerprint density at radius 3 is 2.48 bits per heavy atom. The van der Waals surface area contributed by atoms with E-state index in [0.717, 1.165) is 38.9 Å². The Balaban J connectivity index is 2.33. The van der Waals surface area contributed by atoms with Crippen molar-refractivity contribution in [2.45, 2.75) is 20.8 Å². The summed E-state index contributed by atoms with van der Waals surface area (Å²) in [6.45, 7) is 13.1. The summed E-state index contributed by atoms with van der Waals surface area (Å²) in [5.74, 6) is -0.773. The lowest BCUT2D eigenvalue weighted by Crippen LogP contribution is -2.24. The Morgan fingerprint density at radius 2 is 1.85 bits per heavy atom. The molecular formula is C21H19N5O. The predicted molar refractivity (Wildman–Crippen MR) is 108 cm³/mol. The van der Waals surface area contributed by atoms with Gasteiger partial charge in [-0.3, -0.25) is 9.78 Å². The summed E-state index contributed by atoms with van der Waals surface area (Å²) in [5, 5.41) is 0.841. The van der Waals surface area contributed by atoms with Crippen LogP contribution in [-0.2, 0) is 0 Å². The number of aliphatic imine (C=N–C) groups is 1. The molecule has 27 heavy (non-hydrogen) atoms. The molecule has 0 saturated carbocycles. The SMILES string of the molecule is [C-]#[N+]c1ccc(-c2c(C)c(C)nc3ccc(C(=O)N=C(N)N)cc23)c(C)c1. The topological polar surface area (TPSA) is 98.7 Å². The molecule has 6 nitrogen and oxygen atoms in total. The van der Waals surface area contributed by atoms with Gasteiger partial charge in [0.05, 0.1) is 12.1 Å². The Morgan fingerprint density at radius 1 is 1.11 bits per heavy atom. The number of nitrogens with zero attached hydrogens (tertiary/aromatic N) is 3. The van der Waals surface area contributed by atoms with Gasteiger partial charge in [0.15, 0.2) is 11.6 Å². The van der Waals surface area contributed by atoms with Gasteiger partial charge in [0.1, 0.15) is 0 Å². The maximum atomic E-state index is 12.2. The quantitative estimate of drug-likeness (QED) is 0.414. The summed E-state index contributed by atoms with van der Waals surface area (Å²) in [7, 11) is 0. The molecule has 1 amide bonds. The third kappa shape index (κ3) is 3.35. The number of nitrogens with two attached hydrogens (primary N) is 2. The number of rotatable bonds is 2. The van der Waals surface area contributed by atoms with Crippen LogP contribution in [0, 0.1) is 27.3 Å². The second-order valence-electron chi connectivity index (χ2n) is 6.38. The van der Waals surface area contributed by atoms with Crippen molar-refractivity contribution >= 4 is 28.5 Å². The first kappa shape index (κ1) is 18.1. The number of aromatic nitrogens is 1. The second-order valence-corrected chi connectivity index (χ2v) is 6.38. The summed E-state index contributed by atoms with van der Waals surface area (Å²) >= 11 is 0. The number of fused-ring (bicyclic) bond motifs is 1. The third-order valence-corrected chi connectivity index (χ3v) is 4.56. The number of amides is 1. The maximum absolute atomic E-state index is 12.2. The molecule has 0 aliphatic carbocycles. The Hall–Kier alpha value is -3.72. The molecular weight excluding hydrogens is 338 g/mol. The summed E-state index contributed by atoms with van der Waals surface area (Å²) < 4.78 is 0. The van der Waals surface area contributed by atoms with Gasteiger partial charge in [0.2, 0.25) is 0 Å². The second kappa shape index (κ2) is 6.89. The van der Waals surface area contributed by atoms with Crippen molar-refractivity contribution in [1.29, 1.82) is 0 Å². The van der Waals surface area contributed by atoms with Crippen LogP contribution in [0.5, 0.6) is 0 Å². The van der Waals surface area contributed by atoms with Crippen LogP contribution in [0.1, 0.15) is 27.2 Å². The van der Waals surface area contributed by atoms with E-state index in [4.69, 9.17) is 18.0 Å². The molecule has 0 fully saturated rings. The van der Waals surface area contributed by atoms with Crippen molar-refractivity contribution < 1.29 is 4.79 Å². The number of guanidine groups is 1. The standard InChI is InChI=1S/C21H19N5O/c1-11-9-15(24-4)6-7-16(11)19-12(2)13(3)25-18-8-5-14(10-17(18)19)20(27)26-21(22)23/h5-10H,1-3H3,(H4,22,23,26,27). The minimum Gasteiger partial charge on any atom is -0.370 e. The van der Waals surface area contributed by atoms with Crippen LogP contribution in [0.4, 0.5) is 5.69 Å². The molecule has 6 heteroatoms. The highest BCUT2D eigenvalue weighted by atomic mass is 16.1. The fraction of sp³-hybridized carbons (Fsp3) is 0.143. The van der Waals surface area contributed by atoms with Gasteiger partial charge in [0.25, 0.3) is 5.91 Å². The molecule has 4 N–H and O–H groups in total. The molecule has 0 spiro atoms. The van der Waals surface area contributed by atoms with E-state index in [1.165, 1.54) is 0 Å². The van der Waals surface area contributed by atoms with Gasteiger partial charge in [-0.15, -0.1) is 0 Å². The van der Waals surface area contributed by atoms with E-state index in [1.807, 2.05) is 32.9 Å². The van der Waals surface area contributed by atoms with Crippen LogP contribution in [0.25, 0.3) is 26.9 Å². The Kier molecular flexibility index (Phi) is 4.61. The molecule has 1 aromatic heterocycles. The number of hydrogen-bond acceptors (Lipinski definition) is 2. The normalized spacial score (nSPS) is 10.4. The number of aryl methyl sites for hydroxylation is 2. The van der Waals surface area contributed by atoms with Crippen LogP contribution in [0.15, 0.2) is 41.4 Å². The third-order valence-electron chi connectivity index (χ3n) is 4.56. The lowest BCUT2D eigenvalue weighted by molar-refractivity contribution is 0.100. The molecule has 0 radical (unpaired) electrons. The molecule has 0 bridgehead atoms. The lowest BCUT2D eigenvalue weighted by atomic mass is 9.91. The molecule has 0 atom stereocenters. The zero-order valence-corrected chi connectivity index (χ0v) is 15.4. The zero-order chi connectivity index (χ0) is 19.7. The van der Waals surface area contributed by atoms with Gasteiger partial charge in [-0.2, -0.15) is 4.99 Å². The minimum absolute atomic E-state index is 0.274. The number of benzene rings is 2. The molecule has 3 aromatic rings. The van der Waals surface area contributed by atoms with Crippen molar-refractivity contribution in [2.75, 3.05) is 0 Å². The van der Waals surface area contributed by atoms with Crippen molar-refractivity contribution in [2.24, 2.45) is 16.5 Å². The van der Waals surface area contributed by atoms with E-state index in [0.29, 0.717) is 11.3 Å². The maximum Gasteiger partial charge on any atom is 0.280 e. The predicted octanol–water partition coefficient (Wildman–Crippen LogP) is 3.79. The fourth-order valence-corrected chi connectivity index (χ4v) is 3.14. The van der Waals surface area contributed by atoms with E-state index >= 15 is 0 Å². The number of carbonyl (C=O) groups excluding carboxylic acids is 1. The van der Waals surface area contributed by atoms with Gasteiger partial charge in [0, 0.05) is 16.6 Å². The van der Waals surface area contributed by atoms with E-state index in [9.17, 15) is 4.79 Å². The molecule has 2 aromatic carbocycles. The highest BCUT2D eigenvalue weighted by Crippen LogP contribution is 2.36. The van der Waals surface area contributed by atoms with Gasteiger partial charge >= 0.3 is 0 Å². The number of pyridine rings is 1. The first-order chi connectivity index (χ1) is 12.8. The van der Waals surface area contributed by atoms with Gasteiger partial charge in [-0.25, -0.2) is 4.85 Å². The highest BCUT2D eigenvalue weighted by molar-refractivity contribution is 6.06. The summed E-state index contributed by atoms with van der Waals surface area (Å²) in [4.78, 5) is 24.0. The van der Waals surface area contributed by atoms with Crippen LogP contribution < -0.4 is 11.5 Å². The van der Waals surface area contributed by atoms with Gasteiger partial charge < -0.3 is 11.5 Å². The number of hydrogen-bond donors (Lipinski definition) is 2. The largest absolute Gasteiger partial charge is 0.370 e. The van der Waals surface area contributed by atoms with Gasteiger partial charge in [-0.1, -0.05) is 23.8 Å². The smallest absolute Gasteiger partial charge is 0.280 e. The Bertz CT molecular complexity index is 1150. The monoisotopic (exact) mass is 357 g/mol.